The third-order valence-corrected chi connectivity index (χ3v) is 5.90. The van der Waals surface area contributed by atoms with Gasteiger partial charge in [-0.2, -0.15) is 0 Å². The van der Waals surface area contributed by atoms with Crippen LogP contribution in [0.5, 0.6) is 0 Å². The van der Waals surface area contributed by atoms with Gasteiger partial charge in [0.2, 0.25) is 17.7 Å². The zero-order chi connectivity index (χ0) is 16.2. The van der Waals surface area contributed by atoms with Gasteiger partial charge in [-0.1, -0.05) is 6.58 Å². The third kappa shape index (κ3) is 1.96. The third-order valence-electron chi connectivity index (χ3n) is 5.90. The second kappa shape index (κ2) is 4.82. The zero-order valence-corrected chi connectivity index (χ0v) is 13.4. The second-order valence-corrected chi connectivity index (χ2v) is 7.21. The molecule has 0 aromatic carbocycles. The molecule has 0 atom stereocenters. The van der Waals surface area contributed by atoms with E-state index < -0.39 is 11.1 Å². The summed E-state index contributed by atoms with van der Waals surface area (Å²) in [6, 6.07) is 0. The van der Waals surface area contributed by atoms with Crippen LogP contribution in [0.15, 0.2) is 12.7 Å². The molecular formula is C17H23N3O3. The van der Waals surface area contributed by atoms with Crippen LogP contribution in [0.2, 0.25) is 0 Å². The first-order chi connectivity index (χ1) is 11.0. The number of carbonyl (C=O) groups is 3. The summed E-state index contributed by atoms with van der Waals surface area (Å²) in [7, 11) is 0. The maximum Gasteiger partial charge on any atom is 0.249 e. The Hall–Kier alpha value is -1.85. The molecule has 2 saturated heterocycles. The second-order valence-electron chi connectivity index (χ2n) is 7.21. The topological polar surface area (TPSA) is 60.9 Å². The van der Waals surface area contributed by atoms with Gasteiger partial charge in [-0.25, -0.2) is 0 Å². The van der Waals surface area contributed by atoms with Crippen molar-refractivity contribution in [3.63, 3.8) is 0 Å². The van der Waals surface area contributed by atoms with Gasteiger partial charge in [0.1, 0.15) is 11.1 Å². The lowest BCUT2D eigenvalue weighted by atomic mass is 10.0. The van der Waals surface area contributed by atoms with Crippen LogP contribution in [0.1, 0.15) is 38.5 Å². The molecular weight excluding hydrogens is 294 g/mol. The van der Waals surface area contributed by atoms with Crippen molar-refractivity contribution in [3.05, 3.63) is 12.7 Å². The zero-order valence-electron chi connectivity index (χ0n) is 13.4. The van der Waals surface area contributed by atoms with E-state index in [9.17, 15) is 14.4 Å². The van der Waals surface area contributed by atoms with Gasteiger partial charge in [-0.3, -0.25) is 14.4 Å². The number of nitrogens with zero attached hydrogens (tertiary/aromatic N) is 3. The first-order valence-corrected chi connectivity index (χ1v) is 8.61. The lowest BCUT2D eigenvalue weighted by molar-refractivity contribution is -0.159. The van der Waals surface area contributed by atoms with Crippen molar-refractivity contribution in [1.82, 2.24) is 14.7 Å². The summed E-state index contributed by atoms with van der Waals surface area (Å²) in [5, 5.41) is 0. The molecule has 0 unspecified atom stereocenters. The number of likely N-dealkylation sites (tertiary alicyclic amines) is 1. The maximum absolute atomic E-state index is 13.1. The van der Waals surface area contributed by atoms with Crippen molar-refractivity contribution in [2.45, 2.75) is 49.6 Å². The Kier molecular flexibility index (Phi) is 3.09. The van der Waals surface area contributed by atoms with Gasteiger partial charge in [-0.05, 0) is 44.6 Å². The molecule has 2 aliphatic heterocycles. The molecule has 4 fully saturated rings. The molecule has 3 amide bonds. The number of piperazine rings is 1. The summed E-state index contributed by atoms with van der Waals surface area (Å²) < 4.78 is 0. The van der Waals surface area contributed by atoms with Gasteiger partial charge in [0.05, 0.1) is 0 Å². The fourth-order valence-corrected chi connectivity index (χ4v) is 4.26. The summed E-state index contributed by atoms with van der Waals surface area (Å²) in [5.74, 6) is -0.0714. The molecule has 2 saturated carbocycles. The van der Waals surface area contributed by atoms with Crippen molar-refractivity contribution < 1.29 is 14.4 Å². The highest BCUT2D eigenvalue weighted by molar-refractivity contribution is 6.02. The van der Waals surface area contributed by atoms with Crippen molar-refractivity contribution >= 4 is 17.7 Å². The van der Waals surface area contributed by atoms with Gasteiger partial charge in [0.25, 0.3) is 0 Å². The SMILES string of the molecule is C=CC(=O)N1CCN(C2(C(=O)N3CCCC3)CC2)C(=O)C12CC2. The largest absolute Gasteiger partial charge is 0.341 e. The molecule has 2 aliphatic carbocycles. The monoisotopic (exact) mass is 317 g/mol. The minimum absolute atomic E-state index is 0.0241. The van der Waals surface area contributed by atoms with Crippen LogP contribution >= 0.6 is 0 Å². The van der Waals surface area contributed by atoms with Crippen LogP contribution in [0, 0.1) is 0 Å². The smallest absolute Gasteiger partial charge is 0.249 e. The molecule has 124 valence electrons. The van der Waals surface area contributed by atoms with E-state index in [4.69, 9.17) is 0 Å². The molecule has 0 bridgehead atoms. The van der Waals surface area contributed by atoms with E-state index in [1.165, 1.54) is 6.08 Å². The standard InChI is InChI=1S/C17H23N3O3/c1-2-13(21)19-11-12-20(15(23)17(19)7-8-17)16(5-6-16)14(22)18-9-3-4-10-18/h2H,1,3-12H2. The lowest BCUT2D eigenvalue weighted by Crippen LogP contribution is -2.65. The molecule has 0 aromatic heterocycles. The minimum Gasteiger partial charge on any atom is -0.341 e. The Bertz CT molecular complexity index is 586. The van der Waals surface area contributed by atoms with Crippen LogP contribution in [-0.2, 0) is 14.4 Å². The highest BCUT2D eigenvalue weighted by atomic mass is 16.2. The quantitative estimate of drug-likeness (QED) is 0.714. The molecule has 0 N–H and O–H groups in total. The van der Waals surface area contributed by atoms with Crippen LogP contribution in [0.25, 0.3) is 0 Å². The fourth-order valence-electron chi connectivity index (χ4n) is 4.26. The predicted molar refractivity (Wildman–Crippen MR) is 83.4 cm³/mol. The van der Waals surface area contributed by atoms with Gasteiger partial charge < -0.3 is 14.7 Å². The highest BCUT2D eigenvalue weighted by Crippen LogP contribution is 2.52. The summed E-state index contributed by atoms with van der Waals surface area (Å²) >= 11 is 0. The number of carbonyl (C=O) groups excluding carboxylic acids is 3. The highest BCUT2D eigenvalue weighted by Gasteiger charge is 2.66. The van der Waals surface area contributed by atoms with E-state index in [0.29, 0.717) is 25.9 Å². The predicted octanol–water partition coefficient (Wildman–Crippen LogP) is 0.531. The van der Waals surface area contributed by atoms with Crippen LogP contribution in [0.4, 0.5) is 0 Å². The number of rotatable bonds is 3. The van der Waals surface area contributed by atoms with E-state index in [0.717, 1.165) is 38.8 Å². The first kappa shape index (κ1) is 14.7. The Labute approximate surface area is 136 Å². The Morgan fingerprint density at radius 2 is 1.65 bits per heavy atom. The van der Waals surface area contributed by atoms with Gasteiger partial charge in [0.15, 0.2) is 0 Å². The van der Waals surface area contributed by atoms with Crippen molar-refractivity contribution in [2.75, 3.05) is 26.2 Å². The summed E-state index contributed by atoms with van der Waals surface area (Å²) in [6.45, 7) is 6.13. The molecule has 0 aromatic rings. The number of hydrogen-bond donors (Lipinski definition) is 0. The lowest BCUT2D eigenvalue weighted by Gasteiger charge is -2.44. The molecule has 0 radical (unpaired) electrons. The Morgan fingerprint density at radius 1 is 1.00 bits per heavy atom. The van der Waals surface area contributed by atoms with E-state index in [1.807, 2.05) is 4.90 Å². The average molecular weight is 317 g/mol. The van der Waals surface area contributed by atoms with Crippen molar-refractivity contribution in [1.29, 1.82) is 0 Å². The number of hydrogen-bond acceptors (Lipinski definition) is 3. The number of amides is 3. The van der Waals surface area contributed by atoms with Gasteiger partial charge in [0, 0.05) is 26.2 Å². The van der Waals surface area contributed by atoms with Crippen LogP contribution < -0.4 is 0 Å². The first-order valence-electron chi connectivity index (χ1n) is 8.61. The molecule has 2 heterocycles. The van der Waals surface area contributed by atoms with E-state index in [2.05, 4.69) is 6.58 Å². The maximum atomic E-state index is 13.1. The van der Waals surface area contributed by atoms with Gasteiger partial charge in [-0.15, -0.1) is 0 Å². The molecule has 4 aliphatic rings. The van der Waals surface area contributed by atoms with E-state index in [1.54, 1.807) is 9.80 Å². The molecule has 4 rings (SSSR count). The molecule has 23 heavy (non-hydrogen) atoms. The normalized spacial score (nSPS) is 27.3. The Balaban J connectivity index is 1.57. The molecule has 6 nitrogen and oxygen atoms in total. The molecule has 6 heteroatoms. The summed E-state index contributed by atoms with van der Waals surface area (Å²) in [4.78, 5) is 43.4. The van der Waals surface area contributed by atoms with E-state index >= 15 is 0 Å². The summed E-state index contributed by atoms with van der Waals surface area (Å²) in [6.07, 6.45) is 6.33. The summed E-state index contributed by atoms with van der Waals surface area (Å²) in [5.41, 5.74) is -1.30. The average Bonchev–Trinajstić information content (AvgIpc) is 3.47. The van der Waals surface area contributed by atoms with E-state index in [-0.39, 0.29) is 17.7 Å². The van der Waals surface area contributed by atoms with Crippen LogP contribution in [-0.4, -0.2) is 69.7 Å². The van der Waals surface area contributed by atoms with Gasteiger partial charge >= 0.3 is 0 Å². The van der Waals surface area contributed by atoms with Crippen LogP contribution in [0.3, 0.4) is 0 Å². The molecule has 1 spiro atoms. The fraction of sp³-hybridized carbons (Fsp3) is 0.706. The minimum atomic E-state index is -0.690. The van der Waals surface area contributed by atoms with Crippen molar-refractivity contribution in [2.24, 2.45) is 0 Å². The van der Waals surface area contributed by atoms with Crippen molar-refractivity contribution in [3.8, 4) is 0 Å². The Morgan fingerprint density at radius 3 is 2.17 bits per heavy atom.